The van der Waals surface area contributed by atoms with E-state index in [1.807, 2.05) is 12.3 Å². The second-order valence-electron chi connectivity index (χ2n) is 9.51. The van der Waals surface area contributed by atoms with Crippen LogP contribution in [0.3, 0.4) is 0 Å². The van der Waals surface area contributed by atoms with Crippen molar-refractivity contribution < 1.29 is 9.47 Å². The van der Waals surface area contributed by atoms with Crippen LogP contribution in [0.2, 0.25) is 0 Å². The number of hydrogen-bond donors (Lipinski definition) is 0. The van der Waals surface area contributed by atoms with Crippen LogP contribution in [-0.2, 0) is 23.3 Å². The molecule has 3 atom stereocenters. The third kappa shape index (κ3) is 3.17. The predicted molar refractivity (Wildman–Crippen MR) is 126 cm³/mol. The van der Waals surface area contributed by atoms with E-state index in [0.717, 1.165) is 60.3 Å². The van der Waals surface area contributed by atoms with Gasteiger partial charge in [0.25, 0.3) is 0 Å². The monoisotopic (exact) mass is 424 g/mol. The molecule has 0 amide bonds. The number of aliphatic imine (C=N–C) groups is 1. The number of nitrogens with zero attached hydrogens (tertiary/aromatic N) is 2. The first-order valence-electron chi connectivity index (χ1n) is 11.6. The number of rotatable bonds is 1. The molecule has 0 saturated carbocycles. The molecule has 32 heavy (non-hydrogen) atoms. The molecule has 3 aromatic rings. The van der Waals surface area contributed by atoms with Gasteiger partial charge in [0, 0.05) is 42.1 Å². The van der Waals surface area contributed by atoms with Crippen molar-refractivity contribution in [3.8, 4) is 16.9 Å². The van der Waals surface area contributed by atoms with Gasteiger partial charge in [-0.05, 0) is 68.0 Å². The van der Waals surface area contributed by atoms with Crippen LogP contribution in [0.4, 0.5) is 0 Å². The summed E-state index contributed by atoms with van der Waals surface area (Å²) >= 11 is 0. The van der Waals surface area contributed by atoms with E-state index in [4.69, 9.17) is 14.5 Å². The molecule has 4 heteroatoms. The van der Waals surface area contributed by atoms with E-state index in [0.29, 0.717) is 0 Å². The Hall–Kier alpha value is -2.98. The molecule has 0 fully saturated rings. The topological polar surface area (TPSA) is 43.7 Å². The Kier molecular flexibility index (Phi) is 4.48. The summed E-state index contributed by atoms with van der Waals surface area (Å²) in [6.07, 6.45) is 8.53. The van der Waals surface area contributed by atoms with E-state index in [2.05, 4.69) is 67.4 Å². The largest absolute Gasteiger partial charge is 0.486 e. The van der Waals surface area contributed by atoms with Crippen molar-refractivity contribution >= 4 is 5.71 Å². The molecule has 2 aliphatic heterocycles. The average Bonchev–Trinajstić information content (AvgIpc) is 2.97. The highest BCUT2D eigenvalue weighted by atomic mass is 16.5. The summed E-state index contributed by atoms with van der Waals surface area (Å²) in [4.78, 5) is 9.47. The average molecular weight is 425 g/mol. The summed E-state index contributed by atoms with van der Waals surface area (Å²) in [6, 6.07) is 19.3. The standard InChI is InChI=1S/C28H28N2O2/c1-19-20(2)31-28(30-19)18-27(13-5-9-21-7-3-4-8-23(21)16-27)32-26-12-11-22(15-25(26)28)24-10-6-14-29-17-24/h3-4,6-8,10-12,14-15,17,20H,5,9,13,16,18H2,1-2H3. The maximum absolute atomic E-state index is 6.88. The molecule has 0 N–H and O–H groups in total. The zero-order valence-corrected chi connectivity index (χ0v) is 18.7. The Morgan fingerprint density at radius 1 is 1.00 bits per heavy atom. The van der Waals surface area contributed by atoms with Crippen LogP contribution >= 0.6 is 0 Å². The van der Waals surface area contributed by atoms with Crippen LogP contribution in [0.15, 0.2) is 72.0 Å². The summed E-state index contributed by atoms with van der Waals surface area (Å²) in [5.41, 5.74) is 6.10. The minimum Gasteiger partial charge on any atom is -0.486 e. The molecule has 4 nitrogen and oxygen atoms in total. The molecule has 3 heterocycles. The molecule has 3 aliphatic rings. The van der Waals surface area contributed by atoms with Crippen LogP contribution < -0.4 is 4.74 Å². The maximum atomic E-state index is 6.88. The first kappa shape index (κ1) is 19.7. The quantitative estimate of drug-likeness (QED) is 0.490. The lowest BCUT2D eigenvalue weighted by Gasteiger charge is -2.45. The van der Waals surface area contributed by atoms with Crippen LogP contribution in [0.25, 0.3) is 11.1 Å². The zero-order chi connectivity index (χ0) is 21.8. The second kappa shape index (κ2) is 7.28. The van der Waals surface area contributed by atoms with Crippen LogP contribution in [0.1, 0.15) is 49.8 Å². The molecule has 1 aliphatic carbocycles. The van der Waals surface area contributed by atoms with E-state index < -0.39 is 5.72 Å². The number of aryl methyl sites for hydroxylation is 1. The van der Waals surface area contributed by atoms with Gasteiger partial charge < -0.3 is 9.47 Å². The molecule has 1 aromatic heterocycles. The fourth-order valence-corrected chi connectivity index (χ4v) is 5.67. The molecule has 2 spiro atoms. The summed E-state index contributed by atoms with van der Waals surface area (Å²) in [7, 11) is 0. The second-order valence-corrected chi connectivity index (χ2v) is 9.51. The Labute approximate surface area is 189 Å². The smallest absolute Gasteiger partial charge is 0.192 e. The lowest BCUT2D eigenvalue weighted by Crippen LogP contribution is -2.49. The molecule has 3 unspecified atom stereocenters. The van der Waals surface area contributed by atoms with Crippen molar-refractivity contribution in [2.75, 3.05) is 0 Å². The van der Waals surface area contributed by atoms with Crippen molar-refractivity contribution in [2.45, 2.75) is 63.4 Å². The normalized spacial score (nSPS) is 28.6. The van der Waals surface area contributed by atoms with Gasteiger partial charge in [-0.25, -0.2) is 0 Å². The van der Waals surface area contributed by atoms with Gasteiger partial charge in [-0.3, -0.25) is 9.98 Å². The molecule has 0 radical (unpaired) electrons. The highest BCUT2D eigenvalue weighted by molar-refractivity contribution is 5.88. The summed E-state index contributed by atoms with van der Waals surface area (Å²) in [6.45, 7) is 4.18. The number of fused-ring (bicyclic) bond motifs is 3. The third-order valence-corrected chi connectivity index (χ3v) is 7.31. The van der Waals surface area contributed by atoms with E-state index >= 15 is 0 Å². The van der Waals surface area contributed by atoms with Gasteiger partial charge >= 0.3 is 0 Å². The Balaban J connectivity index is 1.48. The van der Waals surface area contributed by atoms with Gasteiger partial charge in [0.15, 0.2) is 5.72 Å². The molecular weight excluding hydrogens is 396 g/mol. The first-order chi connectivity index (χ1) is 15.6. The Morgan fingerprint density at radius 2 is 1.88 bits per heavy atom. The molecule has 0 bridgehead atoms. The number of ether oxygens (including phenoxy) is 2. The number of hydrogen-bond acceptors (Lipinski definition) is 4. The minimum absolute atomic E-state index is 0.00175. The number of benzene rings is 2. The molecular formula is C28H28N2O2. The predicted octanol–water partition coefficient (Wildman–Crippen LogP) is 5.88. The summed E-state index contributed by atoms with van der Waals surface area (Å²) in [5, 5.41) is 0. The van der Waals surface area contributed by atoms with Gasteiger partial charge in [-0.15, -0.1) is 0 Å². The van der Waals surface area contributed by atoms with Crippen molar-refractivity contribution in [1.29, 1.82) is 0 Å². The van der Waals surface area contributed by atoms with Crippen LogP contribution in [0, 0.1) is 0 Å². The van der Waals surface area contributed by atoms with E-state index in [-0.39, 0.29) is 11.7 Å². The SMILES string of the molecule is CC1=NC2(CC3(CCCc4ccccc4C3)Oc3ccc(-c4cccnc4)cc32)OC1C. The molecule has 2 aromatic carbocycles. The van der Waals surface area contributed by atoms with Gasteiger partial charge in [-0.2, -0.15) is 0 Å². The third-order valence-electron chi connectivity index (χ3n) is 7.31. The Morgan fingerprint density at radius 3 is 2.66 bits per heavy atom. The van der Waals surface area contributed by atoms with Crippen molar-refractivity contribution in [3.63, 3.8) is 0 Å². The fourth-order valence-electron chi connectivity index (χ4n) is 5.67. The summed E-state index contributed by atoms with van der Waals surface area (Å²) < 4.78 is 13.6. The lowest BCUT2D eigenvalue weighted by molar-refractivity contribution is -0.116. The number of aromatic nitrogens is 1. The van der Waals surface area contributed by atoms with E-state index in [9.17, 15) is 0 Å². The van der Waals surface area contributed by atoms with Crippen LogP contribution in [0.5, 0.6) is 5.75 Å². The van der Waals surface area contributed by atoms with Gasteiger partial charge in [0.2, 0.25) is 0 Å². The highest BCUT2D eigenvalue weighted by Crippen LogP contribution is 2.53. The van der Waals surface area contributed by atoms with Crippen molar-refractivity contribution in [2.24, 2.45) is 4.99 Å². The van der Waals surface area contributed by atoms with Gasteiger partial charge in [-0.1, -0.05) is 36.4 Å². The van der Waals surface area contributed by atoms with Crippen molar-refractivity contribution in [3.05, 3.63) is 83.7 Å². The molecule has 6 rings (SSSR count). The van der Waals surface area contributed by atoms with Gasteiger partial charge in [0.1, 0.15) is 11.4 Å². The fraction of sp³-hybridized carbons (Fsp3) is 0.357. The first-order valence-corrected chi connectivity index (χ1v) is 11.6. The van der Waals surface area contributed by atoms with Gasteiger partial charge in [0.05, 0.1) is 6.10 Å². The van der Waals surface area contributed by atoms with Crippen LogP contribution in [-0.4, -0.2) is 22.4 Å². The Bertz CT molecular complexity index is 1210. The molecule has 162 valence electrons. The summed E-state index contributed by atoms with van der Waals surface area (Å²) in [5.74, 6) is 0.897. The van der Waals surface area contributed by atoms with Crippen molar-refractivity contribution in [1.82, 2.24) is 4.98 Å². The zero-order valence-electron chi connectivity index (χ0n) is 18.7. The van der Waals surface area contributed by atoms with E-state index in [1.54, 1.807) is 6.20 Å². The highest BCUT2D eigenvalue weighted by Gasteiger charge is 2.54. The number of pyridine rings is 1. The van der Waals surface area contributed by atoms with E-state index in [1.165, 1.54) is 11.1 Å². The minimum atomic E-state index is -0.700. The molecule has 0 saturated heterocycles. The lowest BCUT2D eigenvalue weighted by atomic mass is 9.78. The maximum Gasteiger partial charge on any atom is 0.192 e.